The molecule has 0 spiro atoms. The van der Waals surface area contributed by atoms with Gasteiger partial charge in [0.2, 0.25) is 0 Å². The lowest BCUT2D eigenvalue weighted by Gasteiger charge is -2.28. The van der Waals surface area contributed by atoms with E-state index in [1.54, 1.807) is 6.20 Å². The highest BCUT2D eigenvalue weighted by molar-refractivity contribution is 6.10. The number of anilines is 2. The van der Waals surface area contributed by atoms with Gasteiger partial charge < -0.3 is 35.7 Å². The number of nitrogens with two attached hydrogens (primary N) is 1. The monoisotopic (exact) mass is 347 g/mol. The first-order valence-electron chi connectivity index (χ1n) is 7.65. The topological polar surface area (TPSA) is 155 Å². The SMILES string of the molecule is C[C@@]1(O)C(n2cc3c(N)cc(=O)nc4c3c2N=CN4)OC(CO)[C@H]1O. The Bertz CT molecular complexity index is 953. The predicted molar refractivity (Wildman–Crippen MR) is 89.8 cm³/mol. The van der Waals surface area contributed by atoms with Crippen LogP contribution in [0.1, 0.15) is 13.2 Å². The molecule has 0 amide bonds. The summed E-state index contributed by atoms with van der Waals surface area (Å²) >= 11 is 0. The molecule has 6 N–H and O–H groups in total. The molecule has 0 aromatic carbocycles. The molecule has 0 aliphatic carbocycles. The normalized spacial score (nSPS) is 30.6. The molecule has 4 atom stereocenters. The zero-order chi connectivity index (χ0) is 17.9. The molecule has 25 heavy (non-hydrogen) atoms. The fraction of sp³-hybridized carbons (Fsp3) is 0.400. The second-order valence-electron chi connectivity index (χ2n) is 6.33. The van der Waals surface area contributed by atoms with Gasteiger partial charge in [0.1, 0.15) is 29.4 Å². The molecule has 1 saturated heterocycles. The third kappa shape index (κ3) is 2.15. The Morgan fingerprint density at radius 1 is 1.52 bits per heavy atom. The van der Waals surface area contributed by atoms with Gasteiger partial charge in [-0.1, -0.05) is 0 Å². The van der Waals surface area contributed by atoms with Crippen LogP contribution < -0.4 is 16.6 Å². The van der Waals surface area contributed by atoms with Gasteiger partial charge in [0.25, 0.3) is 5.56 Å². The van der Waals surface area contributed by atoms with Gasteiger partial charge in [0.05, 0.1) is 18.3 Å². The molecule has 2 aliphatic heterocycles. The van der Waals surface area contributed by atoms with Crippen molar-refractivity contribution in [1.29, 1.82) is 0 Å². The summed E-state index contributed by atoms with van der Waals surface area (Å²) in [5.74, 6) is 0.659. The first-order chi connectivity index (χ1) is 11.8. The van der Waals surface area contributed by atoms with E-state index in [0.29, 0.717) is 16.6 Å². The minimum Gasteiger partial charge on any atom is -0.398 e. The van der Waals surface area contributed by atoms with Crippen LogP contribution in [0, 0.1) is 0 Å². The van der Waals surface area contributed by atoms with Crippen LogP contribution in [0.5, 0.6) is 0 Å². The van der Waals surface area contributed by atoms with Crippen molar-refractivity contribution < 1.29 is 20.1 Å². The van der Waals surface area contributed by atoms with Gasteiger partial charge in [-0.25, -0.2) is 4.99 Å². The van der Waals surface area contributed by atoms with Crippen molar-refractivity contribution in [1.82, 2.24) is 9.55 Å². The highest BCUT2D eigenvalue weighted by Crippen LogP contribution is 2.45. The molecule has 2 unspecified atom stereocenters. The smallest absolute Gasteiger partial charge is 0.273 e. The van der Waals surface area contributed by atoms with E-state index in [9.17, 15) is 20.1 Å². The summed E-state index contributed by atoms with van der Waals surface area (Å²) in [6.07, 6.45) is -0.296. The van der Waals surface area contributed by atoms with E-state index in [1.165, 1.54) is 23.9 Å². The lowest BCUT2D eigenvalue weighted by atomic mass is 9.96. The van der Waals surface area contributed by atoms with Crippen LogP contribution in [-0.4, -0.2) is 55.6 Å². The third-order valence-electron chi connectivity index (χ3n) is 4.63. The first-order valence-corrected chi connectivity index (χ1v) is 7.65. The van der Waals surface area contributed by atoms with Gasteiger partial charge in [0.15, 0.2) is 6.23 Å². The molecule has 10 nitrogen and oxygen atoms in total. The van der Waals surface area contributed by atoms with Crippen molar-refractivity contribution >= 4 is 34.4 Å². The van der Waals surface area contributed by atoms with Crippen LogP contribution in [-0.2, 0) is 4.74 Å². The van der Waals surface area contributed by atoms with Crippen molar-refractivity contribution in [2.24, 2.45) is 4.99 Å². The molecular formula is C15H17N5O5. The molecule has 10 heteroatoms. The summed E-state index contributed by atoms with van der Waals surface area (Å²) in [5, 5.41) is 34.1. The van der Waals surface area contributed by atoms with E-state index in [0.717, 1.165) is 0 Å². The fourth-order valence-electron chi connectivity index (χ4n) is 3.33. The predicted octanol–water partition coefficient (Wildman–Crippen LogP) is -0.934. The van der Waals surface area contributed by atoms with Crippen molar-refractivity contribution in [3.8, 4) is 0 Å². The van der Waals surface area contributed by atoms with Crippen LogP contribution in [0.25, 0.3) is 10.8 Å². The van der Waals surface area contributed by atoms with Gasteiger partial charge in [0, 0.05) is 23.3 Å². The minimum atomic E-state index is -1.67. The van der Waals surface area contributed by atoms with Crippen LogP contribution in [0.15, 0.2) is 22.1 Å². The van der Waals surface area contributed by atoms with E-state index in [-0.39, 0.29) is 11.5 Å². The lowest BCUT2D eigenvalue weighted by Crippen LogP contribution is -2.44. The van der Waals surface area contributed by atoms with Gasteiger partial charge in [-0.05, 0) is 6.92 Å². The molecule has 0 saturated carbocycles. The standard InChI is InChI=1S/C15H17N5O5/c1-15(24)11(23)8(4-21)25-14(15)20-3-6-7(16)2-9(22)19-12-10(6)13(20)18-5-17-12/h2-3,5,8,11,14,21,23-24H,4,16H2,1H3,(H,17,18,19,22)/t8?,11-,14?,15+/m1/s1. The number of aliphatic imine (C=N–C) groups is 1. The van der Waals surface area contributed by atoms with E-state index in [2.05, 4.69) is 15.3 Å². The average molecular weight is 347 g/mol. The molecule has 2 aliphatic rings. The summed E-state index contributed by atoms with van der Waals surface area (Å²) in [4.78, 5) is 20.0. The van der Waals surface area contributed by atoms with E-state index in [1.807, 2.05) is 0 Å². The molecule has 0 radical (unpaired) electrons. The van der Waals surface area contributed by atoms with Gasteiger partial charge in [-0.2, -0.15) is 4.98 Å². The number of aliphatic hydroxyl groups excluding tert-OH is 2. The zero-order valence-electron chi connectivity index (χ0n) is 13.2. The Balaban J connectivity index is 1.98. The number of hydrogen-bond acceptors (Lipinski definition) is 9. The Labute approximate surface area is 141 Å². The summed E-state index contributed by atoms with van der Waals surface area (Å²) in [5.41, 5.74) is 4.02. The number of hydrogen-bond donors (Lipinski definition) is 5. The Hall–Kier alpha value is -2.53. The second-order valence-corrected chi connectivity index (χ2v) is 6.33. The maximum atomic E-state index is 11.8. The van der Waals surface area contributed by atoms with E-state index >= 15 is 0 Å². The minimum absolute atomic E-state index is 0.203. The first kappa shape index (κ1) is 16.0. The number of aliphatic hydroxyl groups is 3. The number of nitrogen functional groups attached to an aromatic ring is 1. The third-order valence-corrected chi connectivity index (χ3v) is 4.63. The maximum Gasteiger partial charge on any atom is 0.273 e. The number of ether oxygens (including phenoxy) is 1. The average Bonchev–Trinajstić information content (AvgIpc) is 3.00. The Kier molecular flexibility index (Phi) is 3.34. The zero-order valence-corrected chi connectivity index (χ0v) is 13.2. The summed E-state index contributed by atoms with van der Waals surface area (Å²) < 4.78 is 7.16. The van der Waals surface area contributed by atoms with Gasteiger partial charge >= 0.3 is 0 Å². The van der Waals surface area contributed by atoms with Crippen LogP contribution in [0.4, 0.5) is 17.3 Å². The summed E-state index contributed by atoms with van der Waals surface area (Å²) in [6, 6.07) is 1.20. The van der Waals surface area contributed by atoms with Crippen molar-refractivity contribution in [3.05, 3.63) is 22.6 Å². The highest BCUT2D eigenvalue weighted by Gasteiger charge is 2.53. The highest BCUT2D eigenvalue weighted by atomic mass is 16.6. The number of nitrogens with zero attached hydrogens (tertiary/aromatic N) is 3. The molecular weight excluding hydrogens is 330 g/mol. The molecule has 2 aromatic heterocycles. The van der Waals surface area contributed by atoms with Crippen molar-refractivity contribution in [3.63, 3.8) is 0 Å². The number of aromatic nitrogens is 2. The largest absolute Gasteiger partial charge is 0.398 e. The molecule has 1 fully saturated rings. The summed E-state index contributed by atoms with van der Waals surface area (Å²) in [6.45, 7) is 0.969. The Morgan fingerprint density at radius 2 is 2.28 bits per heavy atom. The molecule has 132 valence electrons. The second kappa shape index (κ2) is 5.23. The van der Waals surface area contributed by atoms with Crippen LogP contribution >= 0.6 is 0 Å². The van der Waals surface area contributed by atoms with Crippen molar-refractivity contribution in [2.45, 2.75) is 31.0 Å². The molecule has 4 rings (SSSR count). The van der Waals surface area contributed by atoms with Crippen LogP contribution in [0.3, 0.4) is 0 Å². The van der Waals surface area contributed by atoms with Crippen LogP contribution in [0.2, 0.25) is 0 Å². The molecule has 0 bridgehead atoms. The number of nitrogens with one attached hydrogen (secondary N) is 1. The Morgan fingerprint density at radius 3 is 2.96 bits per heavy atom. The lowest BCUT2D eigenvalue weighted by molar-refractivity contribution is -0.0955. The van der Waals surface area contributed by atoms with Crippen molar-refractivity contribution in [2.75, 3.05) is 17.7 Å². The van der Waals surface area contributed by atoms with Gasteiger partial charge in [-0.15, -0.1) is 0 Å². The number of rotatable bonds is 2. The van der Waals surface area contributed by atoms with Gasteiger partial charge in [-0.3, -0.25) is 4.79 Å². The van der Waals surface area contributed by atoms with E-state index in [4.69, 9.17) is 10.5 Å². The maximum absolute atomic E-state index is 11.8. The summed E-state index contributed by atoms with van der Waals surface area (Å²) in [7, 11) is 0. The van der Waals surface area contributed by atoms with E-state index < -0.39 is 36.2 Å². The quantitative estimate of drug-likeness (QED) is 0.466. The molecule has 2 aromatic rings. The fourth-order valence-corrected chi connectivity index (χ4v) is 3.33. The molecule has 4 heterocycles.